The van der Waals surface area contributed by atoms with Crippen LogP contribution in [0.15, 0.2) is 6.20 Å². The zero-order valence-electron chi connectivity index (χ0n) is 11.5. The van der Waals surface area contributed by atoms with Gasteiger partial charge in [0.2, 0.25) is 0 Å². The number of aromatic nitrogens is 2. The topological polar surface area (TPSA) is 56.3 Å². The molecule has 1 heterocycles. The molecule has 1 rings (SSSR count). The monoisotopic (exact) mass is 253 g/mol. The average molecular weight is 253 g/mol. The second kappa shape index (κ2) is 8.83. The molecule has 0 bridgehead atoms. The number of unbranched alkanes of at least 4 members (excludes halogenated alkanes) is 1. The van der Waals surface area contributed by atoms with Crippen molar-refractivity contribution in [3.05, 3.63) is 17.6 Å². The van der Waals surface area contributed by atoms with Crippen LogP contribution >= 0.6 is 0 Å². The van der Waals surface area contributed by atoms with E-state index in [4.69, 9.17) is 9.47 Å². The maximum Gasteiger partial charge on any atom is 0.147 e. The van der Waals surface area contributed by atoms with Crippen molar-refractivity contribution in [3.8, 4) is 0 Å². The average Bonchev–Trinajstić information content (AvgIpc) is 2.36. The van der Waals surface area contributed by atoms with E-state index in [-0.39, 0.29) is 0 Å². The molecule has 1 aromatic rings. The first-order chi connectivity index (χ1) is 8.74. The van der Waals surface area contributed by atoms with Gasteiger partial charge in [-0.3, -0.25) is 4.98 Å². The molecule has 102 valence electrons. The van der Waals surface area contributed by atoms with Gasteiger partial charge in [-0.05, 0) is 26.7 Å². The Morgan fingerprint density at radius 3 is 2.78 bits per heavy atom. The third-order valence-corrected chi connectivity index (χ3v) is 2.52. The fraction of sp³-hybridized carbons (Fsp3) is 0.692. The maximum absolute atomic E-state index is 5.39. The highest BCUT2D eigenvalue weighted by Crippen LogP contribution is 2.08. The summed E-state index contributed by atoms with van der Waals surface area (Å²) in [4.78, 5) is 8.67. The minimum absolute atomic E-state index is 0.663. The molecule has 1 aromatic heterocycles. The number of nitrogens with zero attached hydrogens (tertiary/aromatic N) is 2. The van der Waals surface area contributed by atoms with Crippen LogP contribution in [0.5, 0.6) is 0 Å². The summed E-state index contributed by atoms with van der Waals surface area (Å²) in [6, 6.07) is 0. The molecule has 0 spiro atoms. The minimum atomic E-state index is 0.663. The van der Waals surface area contributed by atoms with E-state index in [2.05, 4.69) is 15.3 Å². The van der Waals surface area contributed by atoms with E-state index in [1.54, 1.807) is 13.3 Å². The lowest BCUT2D eigenvalue weighted by Gasteiger charge is -2.08. The third kappa shape index (κ3) is 5.93. The highest BCUT2D eigenvalue weighted by molar-refractivity contribution is 5.39. The van der Waals surface area contributed by atoms with Crippen molar-refractivity contribution in [3.63, 3.8) is 0 Å². The molecule has 0 aliphatic rings. The number of methoxy groups -OCH3 is 1. The van der Waals surface area contributed by atoms with Crippen molar-refractivity contribution in [1.29, 1.82) is 0 Å². The summed E-state index contributed by atoms with van der Waals surface area (Å²) < 4.78 is 10.3. The van der Waals surface area contributed by atoms with Crippen molar-refractivity contribution in [1.82, 2.24) is 9.97 Å². The van der Waals surface area contributed by atoms with Crippen LogP contribution in [0.2, 0.25) is 0 Å². The van der Waals surface area contributed by atoms with Gasteiger partial charge in [-0.2, -0.15) is 0 Å². The van der Waals surface area contributed by atoms with Crippen LogP contribution in [0.25, 0.3) is 0 Å². The van der Waals surface area contributed by atoms with Crippen molar-refractivity contribution in [2.75, 3.05) is 38.8 Å². The molecule has 18 heavy (non-hydrogen) atoms. The van der Waals surface area contributed by atoms with Crippen LogP contribution in [-0.2, 0) is 9.47 Å². The molecule has 0 amide bonds. The second-order valence-electron chi connectivity index (χ2n) is 4.18. The Morgan fingerprint density at radius 2 is 2.00 bits per heavy atom. The van der Waals surface area contributed by atoms with E-state index in [9.17, 15) is 0 Å². The van der Waals surface area contributed by atoms with Crippen LogP contribution in [0.1, 0.15) is 24.2 Å². The van der Waals surface area contributed by atoms with E-state index in [0.29, 0.717) is 13.2 Å². The predicted octanol–water partition coefficient (Wildman–Crippen LogP) is 1.95. The molecule has 5 heteroatoms. The predicted molar refractivity (Wildman–Crippen MR) is 71.9 cm³/mol. The Labute approximate surface area is 109 Å². The van der Waals surface area contributed by atoms with Crippen molar-refractivity contribution in [2.24, 2.45) is 0 Å². The molecule has 0 aliphatic heterocycles. The number of aryl methyl sites for hydroxylation is 2. The van der Waals surface area contributed by atoms with Crippen molar-refractivity contribution in [2.45, 2.75) is 26.7 Å². The third-order valence-electron chi connectivity index (χ3n) is 2.52. The standard InChI is InChI=1S/C13H23N3O2/c1-11-10-15-12(2)13(16-11)14-6-4-5-7-18-9-8-17-3/h10H,4-9H2,1-3H3,(H,14,16). The Bertz CT molecular complexity index is 345. The Hall–Kier alpha value is -1.20. The second-order valence-corrected chi connectivity index (χ2v) is 4.18. The van der Waals surface area contributed by atoms with Gasteiger partial charge in [0.05, 0.1) is 24.6 Å². The molecule has 1 N–H and O–H groups in total. The molecule has 0 radical (unpaired) electrons. The lowest BCUT2D eigenvalue weighted by Crippen LogP contribution is -2.08. The lowest BCUT2D eigenvalue weighted by atomic mass is 10.3. The summed E-state index contributed by atoms with van der Waals surface area (Å²) in [7, 11) is 1.68. The fourth-order valence-electron chi connectivity index (χ4n) is 1.49. The fourth-order valence-corrected chi connectivity index (χ4v) is 1.49. The number of ether oxygens (including phenoxy) is 2. The first-order valence-corrected chi connectivity index (χ1v) is 6.35. The van der Waals surface area contributed by atoms with Crippen LogP contribution in [0, 0.1) is 13.8 Å². The zero-order valence-corrected chi connectivity index (χ0v) is 11.5. The van der Waals surface area contributed by atoms with E-state index >= 15 is 0 Å². The number of rotatable bonds is 9. The molecule has 0 saturated heterocycles. The summed E-state index contributed by atoms with van der Waals surface area (Å²) in [6.45, 7) is 6.92. The summed E-state index contributed by atoms with van der Waals surface area (Å²) >= 11 is 0. The summed E-state index contributed by atoms with van der Waals surface area (Å²) in [5.41, 5.74) is 1.88. The van der Waals surface area contributed by atoms with Gasteiger partial charge in [0.25, 0.3) is 0 Å². The molecular weight excluding hydrogens is 230 g/mol. The van der Waals surface area contributed by atoms with E-state index in [1.165, 1.54) is 0 Å². The SMILES string of the molecule is COCCOCCCCNc1nc(C)cnc1C. The molecule has 0 aliphatic carbocycles. The first-order valence-electron chi connectivity index (χ1n) is 6.35. The summed E-state index contributed by atoms with van der Waals surface area (Å²) in [5, 5.41) is 3.30. The minimum Gasteiger partial charge on any atom is -0.382 e. The number of hydrogen-bond donors (Lipinski definition) is 1. The largest absolute Gasteiger partial charge is 0.382 e. The molecule has 0 aromatic carbocycles. The molecular formula is C13H23N3O2. The van der Waals surface area contributed by atoms with E-state index in [0.717, 1.165) is 43.2 Å². The quantitative estimate of drug-likeness (QED) is 0.682. The Kier molecular flexibility index (Phi) is 7.29. The Morgan fingerprint density at radius 1 is 1.17 bits per heavy atom. The van der Waals surface area contributed by atoms with Crippen LogP contribution < -0.4 is 5.32 Å². The first kappa shape index (κ1) is 14.9. The van der Waals surface area contributed by atoms with Gasteiger partial charge in [0, 0.05) is 26.5 Å². The number of nitrogens with one attached hydrogen (secondary N) is 1. The summed E-state index contributed by atoms with van der Waals surface area (Å²) in [6.07, 6.45) is 3.88. The molecule has 0 saturated carbocycles. The molecule has 0 atom stereocenters. The van der Waals surface area contributed by atoms with E-state index in [1.807, 2.05) is 13.8 Å². The van der Waals surface area contributed by atoms with Gasteiger partial charge in [-0.25, -0.2) is 4.98 Å². The van der Waals surface area contributed by atoms with Crippen LogP contribution in [-0.4, -0.2) is 43.4 Å². The number of anilines is 1. The Balaban J connectivity index is 2.09. The van der Waals surface area contributed by atoms with Gasteiger partial charge in [-0.15, -0.1) is 0 Å². The van der Waals surface area contributed by atoms with Crippen LogP contribution in [0.4, 0.5) is 5.82 Å². The zero-order chi connectivity index (χ0) is 13.2. The van der Waals surface area contributed by atoms with Crippen molar-refractivity contribution < 1.29 is 9.47 Å². The van der Waals surface area contributed by atoms with Gasteiger partial charge in [0.1, 0.15) is 5.82 Å². The van der Waals surface area contributed by atoms with Gasteiger partial charge >= 0.3 is 0 Å². The normalized spacial score (nSPS) is 10.6. The van der Waals surface area contributed by atoms with Gasteiger partial charge in [-0.1, -0.05) is 0 Å². The maximum atomic E-state index is 5.39. The molecule has 0 unspecified atom stereocenters. The van der Waals surface area contributed by atoms with E-state index < -0.39 is 0 Å². The summed E-state index contributed by atoms with van der Waals surface area (Å²) in [5.74, 6) is 0.885. The highest BCUT2D eigenvalue weighted by Gasteiger charge is 2.00. The smallest absolute Gasteiger partial charge is 0.147 e. The lowest BCUT2D eigenvalue weighted by molar-refractivity contribution is 0.0691. The van der Waals surface area contributed by atoms with Gasteiger partial charge in [0.15, 0.2) is 0 Å². The molecule has 0 fully saturated rings. The number of hydrogen-bond acceptors (Lipinski definition) is 5. The van der Waals surface area contributed by atoms with Crippen LogP contribution in [0.3, 0.4) is 0 Å². The van der Waals surface area contributed by atoms with Gasteiger partial charge < -0.3 is 14.8 Å². The van der Waals surface area contributed by atoms with Crippen molar-refractivity contribution >= 4 is 5.82 Å². The molecule has 5 nitrogen and oxygen atoms in total. The highest BCUT2D eigenvalue weighted by atomic mass is 16.5.